The lowest BCUT2D eigenvalue weighted by Gasteiger charge is -2.51. The summed E-state index contributed by atoms with van der Waals surface area (Å²) in [4.78, 5) is 43.8. The van der Waals surface area contributed by atoms with Gasteiger partial charge < -0.3 is 14.4 Å². The van der Waals surface area contributed by atoms with Gasteiger partial charge in [0.2, 0.25) is 11.8 Å². The third-order valence-corrected chi connectivity index (χ3v) is 9.04. The Labute approximate surface area is 224 Å². The van der Waals surface area contributed by atoms with E-state index in [0.29, 0.717) is 30.6 Å². The van der Waals surface area contributed by atoms with E-state index >= 15 is 0 Å². The Kier molecular flexibility index (Phi) is 7.68. The number of hydrogen-bond acceptors (Lipinski definition) is 7. The van der Waals surface area contributed by atoms with Crippen LogP contribution in [0.25, 0.3) is 0 Å². The smallest absolute Gasteiger partial charge is 0.255 e. The number of carbonyl (C=O) groups is 3. The van der Waals surface area contributed by atoms with Crippen LogP contribution in [0.4, 0.5) is 0 Å². The van der Waals surface area contributed by atoms with E-state index in [0.717, 1.165) is 69.8 Å². The second-order valence-electron chi connectivity index (χ2n) is 11.5. The maximum Gasteiger partial charge on any atom is 0.255 e. The van der Waals surface area contributed by atoms with E-state index in [1.165, 1.54) is 25.8 Å². The molecule has 0 spiro atoms. The largest absolute Gasteiger partial charge is 0.489 e. The second kappa shape index (κ2) is 11.3. The summed E-state index contributed by atoms with van der Waals surface area (Å²) in [6.45, 7) is 6.69. The predicted octanol–water partition coefficient (Wildman–Crippen LogP) is 2.32. The number of ether oxygens (including phenoxy) is 2. The molecule has 0 aromatic heterocycles. The zero-order valence-electron chi connectivity index (χ0n) is 22.2. The summed E-state index contributed by atoms with van der Waals surface area (Å²) in [7, 11) is 0. The molecule has 1 aliphatic carbocycles. The van der Waals surface area contributed by atoms with Crippen molar-refractivity contribution in [2.45, 2.75) is 88.6 Å². The van der Waals surface area contributed by atoms with Crippen LogP contribution < -0.4 is 10.1 Å². The molecule has 1 N–H and O–H groups in total. The van der Waals surface area contributed by atoms with E-state index in [9.17, 15) is 14.4 Å². The molecule has 0 radical (unpaired) electrons. The van der Waals surface area contributed by atoms with E-state index in [4.69, 9.17) is 9.47 Å². The number of benzene rings is 1. The van der Waals surface area contributed by atoms with Gasteiger partial charge in [-0.05, 0) is 75.3 Å². The molecular weight excluding hydrogens is 484 g/mol. The molecule has 9 heteroatoms. The van der Waals surface area contributed by atoms with Gasteiger partial charge in [-0.1, -0.05) is 6.42 Å². The van der Waals surface area contributed by atoms with Crippen LogP contribution in [0.5, 0.6) is 5.75 Å². The number of amides is 3. The van der Waals surface area contributed by atoms with Crippen LogP contribution in [-0.2, 0) is 20.9 Å². The van der Waals surface area contributed by atoms with Gasteiger partial charge >= 0.3 is 0 Å². The molecule has 0 bridgehead atoms. The third-order valence-electron chi connectivity index (χ3n) is 9.04. The molecule has 6 rings (SSSR count). The first-order chi connectivity index (χ1) is 18.6. The average Bonchev–Trinajstić information content (AvgIpc) is 3.26. The maximum atomic E-state index is 13.0. The van der Waals surface area contributed by atoms with Gasteiger partial charge in [-0.15, -0.1) is 0 Å². The fourth-order valence-corrected chi connectivity index (χ4v) is 6.89. The Morgan fingerprint density at radius 1 is 0.895 bits per heavy atom. The summed E-state index contributed by atoms with van der Waals surface area (Å²) in [5, 5.41) is 2.37. The number of piperidine rings is 1. The van der Waals surface area contributed by atoms with Crippen LogP contribution in [0.2, 0.25) is 0 Å². The highest BCUT2D eigenvalue weighted by molar-refractivity contribution is 6.05. The number of imide groups is 1. The molecule has 3 unspecified atom stereocenters. The summed E-state index contributed by atoms with van der Waals surface area (Å²) in [6, 6.07) is 6.19. The van der Waals surface area contributed by atoms with Crippen molar-refractivity contribution in [2.24, 2.45) is 0 Å². The number of nitrogens with zero attached hydrogens (tertiary/aromatic N) is 3. The topological polar surface area (TPSA) is 91.4 Å². The SMILES string of the molecule is O=C1CCC(N2Cc3cc(OC4CCCCC4N4CC(N5CCCCOCCC5)C4)ccc3C2=O)C(=O)N1. The van der Waals surface area contributed by atoms with Crippen molar-refractivity contribution >= 4 is 17.7 Å². The summed E-state index contributed by atoms with van der Waals surface area (Å²) < 4.78 is 12.3. The molecule has 5 aliphatic rings. The first kappa shape index (κ1) is 25.8. The molecule has 4 heterocycles. The van der Waals surface area contributed by atoms with Crippen molar-refractivity contribution in [3.05, 3.63) is 29.3 Å². The number of likely N-dealkylation sites (tertiary alicyclic amines) is 1. The Morgan fingerprint density at radius 2 is 1.71 bits per heavy atom. The molecule has 38 heavy (non-hydrogen) atoms. The fourth-order valence-electron chi connectivity index (χ4n) is 6.89. The highest BCUT2D eigenvalue weighted by Gasteiger charge is 2.42. The Bertz CT molecular complexity index is 1050. The number of hydrogen-bond donors (Lipinski definition) is 1. The van der Waals surface area contributed by atoms with Crippen LogP contribution in [0, 0.1) is 0 Å². The van der Waals surface area contributed by atoms with Gasteiger partial charge in [0.15, 0.2) is 0 Å². The van der Waals surface area contributed by atoms with E-state index in [2.05, 4.69) is 15.1 Å². The molecule has 206 valence electrons. The second-order valence-corrected chi connectivity index (χ2v) is 11.5. The van der Waals surface area contributed by atoms with E-state index < -0.39 is 6.04 Å². The fraction of sp³-hybridized carbons (Fsp3) is 0.690. The molecule has 3 amide bonds. The zero-order valence-corrected chi connectivity index (χ0v) is 22.2. The Morgan fingerprint density at radius 3 is 2.58 bits per heavy atom. The molecule has 1 aromatic rings. The predicted molar refractivity (Wildman–Crippen MR) is 141 cm³/mol. The minimum atomic E-state index is -0.593. The highest BCUT2D eigenvalue weighted by Crippen LogP contribution is 2.34. The van der Waals surface area contributed by atoms with E-state index in [1.807, 2.05) is 18.2 Å². The third kappa shape index (κ3) is 5.33. The molecule has 4 aliphatic heterocycles. The average molecular weight is 525 g/mol. The molecule has 3 atom stereocenters. The van der Waals surface area contributed by atoms with Gasteiger partial charge in [0.25, 0.3) is 5.91 Å². The molecular formula is C29H40N4O5. The van der Waals surface area contributed by atoms with Gasteiger partial charge in [0.1, 0.15) is 17.9 Å². The van der Waals surface area contributed by atoms with Crippen LogP contribution in [0.3, 0.4) is 0 Å². The van der Waals surface area contributed by atoms with Gasteiger partial charge in [-0.25, -0.2) is 0 Å². The summed E-state index contributed by atoms with van der Waals surface area (Å²) in [6.07, 6.45) is 8.91. The minimum Gasteiger partial charge on any atom is -0.489 e. The Hall–Kier alpha value is -2.49. The molecule has 3 saturated heterocycles. The molecule has 4 fully saturated rings. The Balaban J connectivity index is 1.07. The van der Waals surface area contributed by atoms with Crippen LogP contribution in [0.15, 0.2) is 18.2 Å². The van der Waals surface area contributed by atoms with Gasteiger partial charge in [0.05, 0.1) is 0 Å². The number of nitrogens with one attached hydrogen (secondary N) is 1. The van der Waals surface area contributed by atoms with Gasteiger partial charge in [-0.2, -0.15) is 0 Å². The van der Waals surface area contributed by atoms with Gasteiger partial charge in [0, 0.05) is 63.5 Å². The monoisotopic (exact) mass is 524 g/mol. The number of fused-ring (bicyclic) bond motifs is 1. The molecule has 9 nitrogen and oxygen atoms in total. The van der Waals surface area contributed by atoms with Crippen molar-refractivity contribution in [3.63, 3.8) is 0 Å². The minimum absolute atomic E-state index is 0.144. The van der Waals surface area contributed by atoms with Crippen molar-refractivity contribution in [3.8, 4) is 5.75 Å². The van der Waals surface area contributed by atoms with Crippen LogP contribution in [0.1, 0.15) is 73.7 Å². The van der Waals surface area contributed by atoms with Crippen LogP contribution >= 0.6 is 0 Å². The first-order valence-electron chi connectivity index (χ1n) is 14.6. The highest BCUT2D eigenvalue weighted by atomic mass is 16.5. The summed E-state index contributed by atoms with van der Waals surface area (Å²) in [5.41, 5.74) is 1.52. The summed E-state index contributed by atoms with van der Waals surface area (Å²) >= 11 is 0. The van der Waals surface area contributed by atoms with E-state index in [-0.39, 0.29) is 30.2 Å². The maximum absolute atomic E-state index is 13.0. The van der Waals surface area contributed by atoms with E-state index in [1.54, 1.807) is 4.90 Å². The summed E-state index contributed by atoms with van der Waals surface area (Å²) in [5.74, 6) is 0.00958. The lowest BCUT2D eigenvalue weighted by atomic mass is 9.88. The zero-order chi connectivity index (χ0) is 26.1. The number of carbonyl (C=O) groups excluding carboxylic acids is 3. The molecule has 1 saturated carbocycles. The van der Waals surface area contributed by atoms with Crippen molar-refractivity contribution < 1.29 is 23.9 Å². The van der Waals surface area contributed by atoms with Crippen molar-refractivity contribution in [1.29, 1.82) is 0 Å². The quantitative estimate of drug-likeness (QED) is 0.591. The normalized spacial score (nSPS) is 30.2. The molecule has 1 aromatic carbocycles. The lowest BCUT2D eigenvalue weighted by Crippen LogP contribution is -2.65. The first-order valence-corrected chi connectivity index (χ1v) is 14.6. The van der Waals surface area contributed by atoms with Crippen molar-refractivity contribution in [1.82, 2.24) is 20.0 Å². The van der Waals surface area contributed by atoms with Gasteiger partial charge in [-0.3, -0.25) is 29.5 Å². The standard InChI is InChI=1S/C29H40N4O5/c34-27-11-10-25(28(35)30-27)33-17-20-16-22(8-9-23(20)29(33)36)38-26-7-2-1-6-24(26)32-18-21(19-32)31-12-3-4-14-37-15-5-13-31/h8-9,16,21,24-26H,1-7,10-15,17-19H2,(H,30,34,35). The number of rotatable bonds is 5. The van der Waals surface area contributed by atoms with Crippen LogP contribution in [-0.4, -0.2) is 96.0 Å². The van der Waals surface area contributed by atoms with Crippen molar-refractivity contribution in [2.75, 3.05) is 39.4 Å². The lowest BCUT2D eigenvalue weighted by molar-refractivity contribution is -0.136.